The zero-order chi connectivity index (χ0) is 25.0. The van der Waals surface area contributed by atoms with E-state index in [-0.39, 0.29) is 11.8 Å². The Bertz CT molecular complexity index is 1190. The monoisotopic (exact) mass is 532 g/mol. The molecule has 35 heavy (non-hydrogen) atoms. The van der Waals surface area contributed by atoms with Gasteiger partial charge in [-0.15, -0.1) is 11.3 Å². The number of ether oxygens (including phenoxy) is 1. The van der Waals surface area contributed by atoms with E-state index in [9.17, 15) is 15.0 Å². The molecule has 2 aromatic heterocycles. The first-order valence-corrected chi connectivity index (χ1v) is 13.3. The number of benzene rings is 1. The molecule has 0 aliphatic carbocycles. The summed E-state index contributed by atoms with van der Waals surface area (Å²) in [4.78, 5) is 20.5. The van der Waals surface area contributed by atoms with E-state index in [1.54, 1.807) is 24.6 Å². The number of hydrogen-bond donors (Lipinski definition) is 2. The van der Waals surface area contributed by atoms with Crippen LogP contribution in [0.2, 0.25) is 5.02 Å². The molecule has 1 aliphatic heterocycles. The second-order valence-electron chi connectivity index (χ2n) is 9.20. The third-order valence-corrected chi connectivity index (χ3v) is 8.66. The topological polar surface area (TPSA) is 82.9 Å². The maximum absolute atomic E-state index is 11.8. The molecule has 3 aromatic rings. The molecule has 0 bridgehead atoms. The third-order valence-electron chi connectivity index (χ3n) is 6.96. The molecule has 2 N–H and O–H groups in total. The molecule has 1 fully saturated rings. The Morgan fingerprint density at radius 1 is 1.34 bits per heavy atom. The second kappa shape index (κ2) is 11.3. The molecule has 0 spiro atoms. The minimum absolute atomic E-state index is 0.0849. The summed E-state index contributed by atoms with van der Waals surface area (Å²) in [6.07, 6.45) is 3.30. The van der Waals surface area contributed by atoms with Gasteiger partial charge < -0.3 is 14.9 Å². The van der Waals surface area contributed by atoms with E-state index < -0.39 is 12.1 Å². The van der Waals surface area contributed by atoms with Crippen molar-refractivity contribution in [3.63, 3.8) is 0 Å². The lowest BCUT2D eigenvalue weighted by molar-refractivity contribution is -0.141. The van der Waals surface area contributed by atoms with Gasteiger partial charge in [0.05, 0.1) is 30.2 Å². The number of aromatic nitrogens is 1. The summed E-state index contributed by atoms with van der Waals surface area (Å²) in [5.41, 5.74) is 0.959. The normalized spacial score (nSPS) is 16.8. The number of aliphatic hydroxyl groups is 1. The molecule has 6 nitrogen and oxygen atoms in total. The van der Waals surface area contributed by atoms with E-state index in [1.165, 1.54) is 0 Å². The Morgan fingerprint density at radius 2 is 2.11 bits per heavy atom. The molecule has 1 aromatic carbocycles. The summed E-state index contributed by atoms with van der Waals surface area (Å²) in [6, 6.07) is 9.52. The number of methoxy groups -OCH3 is 1. The molecule has 1 saturated heterocycles. The van der Waals surface area contributed by atoms with Crippen LogP contribution in [0.1, 0.15) is 48.6 Å². The Hall–Kier alpha value is -2.10. The Balaban J connectivity index is 1.46. The van der Waals surface area contributed by atoms with E-state index in [1.807, 2.05) is 35.7 Å². The predicted molar refractivity (Wildman–Crippen MR) is 144 cm³/mol. The number of thiophene rings is 1. The van der Waals surface area contributed by atoms with Crippen LogP contribution in [0, 0.1) is 5.41 Å². The number of carboxylic acid groups (broad SMARTS) is 1. The number of nitrogens with zero attached hydrogens (tertiary/aromatic N) is 2. The number of halogens is 1. The fourth-order valence-corrected chi connectivity index (χ4v) is 6.29. The highest BCUT2D eigenvalue weighted by Gasteiger charge is 2.37. The molecule has 9 heteroatoms. The van der Waals surface area contributed by atoms with Crippen LogP contribution in [0.25, 0.3) is 10.9 Å². The Kier molecular flexibility index (Phi) is 8.39. The summed E-state index contributed by atoms with van der Waals surface area (Å²) >= 11 is 13.7. The van der Waals surface area contributed by atoms with Crippen LogP contribution >= 0.6 is 35.2 Å². The van der Waals surface area contributed by atoms with Gasteiger partial charge in [0.15, 0.2) is 0 Å². The summed E-state index contributed by atoms with van der Waals surface area (Å²) in [6.45, 7) is 2.28. The smallest absolute Gasteiger partial charge is 0.303 e. The average Bonchev–Trinajstić information content (AvgIpc) is 3.38. The van der Waals surface area contributed by atoms with E-state index in [4.69, 9.17) is 28.6 Å². The second-order valence-corrected chi connectivity index (χ2v) is 11.1. The maximum atomic E-state index is 11.8. The number of carboxylic acids is 1. The summed E-state index contributed by atoms with van der Waals surface area (Å²) in [5, 5.41) is 24.0. The van der Waals surface area contributed by atoms with Crippen molar-refractivity contribution in [1.82, 2.24) is 9.88 Å². The van der Waals surface area contributed by atoms with Crippen molar-refractivity contribution in [3.05, 3.63) is 57.4 Å². The number of aliphatic hydroxyl groups excluding tert-OH is 1. The lowest BCUT2D eigenvalue weighted by atomic mass is 9.71. The maximum Gasteiger partial charge on any atom is 0.303 e. The van der Waals surface area contributed by atoms with Crippen molar-refractivity contribution in [2.24, 2.45) is 5.41 Å². The minimum Gasteiger partial charge on any atom is -0.497 e. The lowest BCUT2D eigenvalue weighted by Gasteiger charge is -2.41. The molecule has 0 saturated carbocycles. The standard InChI is InChI=1S/C26H29ClN2O4S2/c1-33-17-4-5-20-18(13-17)25(19(27)15-28-20)21(30)6-7-26(14-24(31)32)8-10-29(11-9-26)16-22(34)23-3-2-12-35-23/h2-5,12-13,15,21,30H,6-11,14,16H2,1H3,(H,31,32)/t21-/m1/s1. The van der Waals surface area contributed by atoms with Crippen molar-refractivity contribution in [1.29, 1.82) is 0 Å². The fraction of sp³-hybridized carbons (Fsp3) is 0.423. The van der Waals surface area contributed by atoms with Gasteiger partial charge in [-0.3, -0.25) is 14.7 Å². The van der Waals surface area contributed by atoms with Gasteiger partial charge in [-0.25, -0.2) is 0 Å². The van der Waals surface area contributed by atoms with Crippen LogP contribution in [-0.2, 0) is 4.79 Å². The lowest BCUT2D eigenvalue weighted by Crippen LogP contribution is -2.43. The highest BCUT2D eigenvalue weighted by molar-refractivity contribution is 7.81. The SMILES string of the molecule is COc1ccc2ncc(Cl)c([C@H](O)CCC3(CC(=O)O)CCN(CC(=S)c4cccs4)CC3)c2c1. The number of hydrogen-bond acceptors (Lipinski definition) is 7. The highest BCUT2D eigenvalue weighted by Crippen LogP contribution is 2.43. The molecule has 0 unspecified atom stereocenters. The van der Waals surface area contributed by atoms with Crippen molar-refractivity contribution < 1.29 is 19.7 Å². The van der Waals surface area contributed by atoms with Gasteiger partial charge in [0.2, 0.25) is 0 Å². The Morgan fingerprint density at radius 3 is 2.77 bits per heavy atom. The first-order valence-electron chi connectivity index (χ1n) is 11.6. The van der Waals surface area contributed by atoms with Gasteiger partial charge >= 0.3 is 5.97 Å². The summed E-state index contributed by atoms with van der Waals surface area (Å²) < 4.78 is 5.34. The Labute approximate surface area is 219 Å². The molecule has 0 amide bonds. The molecule has 186 valence electrons. The number of rotatable bonds is 10. The number of pyridine rings is 1. The minimum atomic E-state index is -0.838. The number of carbonyl (C=O) groups is 1. The zero-order valence-corrected chi connectivity index (χ0v) is 22.0. The van der Waals surface area contributed by atoms with Gasteiger partial charge in [-0.1, -0.05) is 29.9 Å². The van der Waals surface area contributed by atoms with Crippen LogP contribution in [0.3, 0.4) is 0 Å². The number of thiocarbonyl (C=S) groups is 1. The van der Waals surface area contributed by atoms with Crippen molar-refractivity contribution in [2.45, 2.75) is 38.2 Å². The van der Waals surface area contributed by atoms with Gasteiger partial charge in [-0.05, 0) is 73.8 Å². The van der Waals surface area contributed by atoms with E-state index in [0.717, 1.165) is 46.6 Å². The molecular weight excluding hydrogens is 504 g/mol. The average molecular weight is 533 g/mol. The molecule has 3 heterocycles. The van der Waals surface area contributed by atoms with Gasteiger partial charge in [-0.2, -0.15) is 0 Å². The van der Waals surface area contributed by atoms with Crippen LogP contribution in [0.4, 0.5) is 0 Å². The van der Waals surface area contributed by atoms with Gasteiger partial charge in [0.1, 0.15) is 5.75 Å². The summed E-state index contributed by atoms with van der Waals surface area (Å²) in [7, 11) is 1.59. The van der Waals surface area contributed by atoms with Crippen molar-refractivity contribution in [3.8, 4) is 5.75 Å². The fourth-order valence-electron chi connectivity index (χ4n) is 4.96. The van der Waals surface area contributed by atoms with E-state index in [2.05, 4.69) is 9.88 Å². The first-order chi connectivity index (χ1) is 16.8. The number of fused-ring (bicyclic) bond motifs is 1. The van der Waals surface area contributed by atoms with Crippen molar-refractivity contribution >= 4 is 56.9 Å². The third kappa shape index (κ3) is 6.19. The summed E-state index contributed by atoms with van der Waals surface area (Å²) in [5.74, 6) is -0.149. The molecule has 4 rings (SSSR count). The van der Waals surface area contributed by atoms with E-state index >= 15 is 0 Å². The first kappa shape index (κ1) is 26.0. The van der Waals surface area contributed by atoms with Crippen LogP contribution in [0.5, 0.6) is 5.75 Å². The predicted octanol–water partition coefficient (Wildman–Crippen LogP) is 5.75. The van der Waals surface area contributed by atoms with Crippen LogP contribution in [-0.4, -0.2) is 57.7 Å². The van der Waals surface area contributed by atoms with Gasteiger partial charge in [0, 0.05) is 33.4 Å². The number of piperidine rings is 1. The number of likely N-dealkylation sites (tertiary alicyclic amines) is 1. The highest BCUT2D eigenvalue weighted by atomic mass is 35.5. The molecular formula is C26H29ClN2O4S2. The van der Waals surface area contributed by atoms with Crippen molar-refractivity contribution in [2.75, 3.05) is 26.7 Å². The molecule has 1 aliphatic rings. The zero-order valence-electron chi connectivity index (χ0n) is 19.6. The largest absolute Gasteiger partial charge is 0.497 e. The van der Waals surface area contributed by atoms with E-state index in [0.29, 0.717) is 35.7 Å². The van der Waals surface area contributed by atoms with Gasteiger partial charge in [0.25, 0.3) is 0 Å². The molecule has 0 radical (unpaired) electrons. The van der Waals surface area contributed by atoms with Crippen LogP contribution < -0.4 is 4.74 Å². The molecule has 1 atom stereocenters. The quantitative estimate of drug-likeness (QED) is 0.254. The van der Waals surface area contributed by atoms with Crippen LogP contribution in [0.15, 0.2) is 41.9 Å². The number of aliphatic carboxylic acids is 1.